The van der Waals surface area contributed by atoms with Crippen LogP contribution < -0.4 is 28.4 Å². The van der Waals surface area contributed by atoms with E-state index in [4.69, 9.17) is 28.4 Å². The minimum Gasteiger partial charge on any atom is -0.457 e. The molecule has 9 nitrogen and oxygen atoms in total. The van der Waals surface area contributed by atoms with Gasteiger partial charge in [-0.1, -0.05) is 0 Å². The van der Waals surface area contributed by atoms with E-state index < -0.39 is 0 Å². The summed E-state index contributed by atoms with van der Waals surface area (Å²) in [6.45, 7) is 0. The number of hydrogen-bond acceptors (Lipinski definition) is 9. The van der Waals surface area contributed by atoms with Gasteiger partial charge in [-0.3, -0.25) is 14.4 Å². The smallest absolute Gasteiger partial charge is 0.193 e. The predicted octanol–water partition coefficient (Wildman–Crippen LogP) is 14.4. The maximum atomic E-state index is 13.3. The maximum absolute atomic E-state index is 13.3. The number of benzene rings is 9. The molecule has 66 heavy (non-hydrogen) atoms. The number of carbonyl (C=O) groups excluding carboxylic acids is 3. The van der Waals surface area contributed by atoms with Crippen LogP contribution in [-0.4, -0.2) is 17.3 Å². The third-order valence-electron chi connectivity index (χ3n) is 10.6. The molecule has 0 saturated heterocycles. The van der Waals surface area contributed by atoms with Crippen LogP contribution in [0.3, 0.4) is 0 Å². The van der Waals surface area contributed by atoms with Crippen molar-refractivity contribution >= 4 is 17.3 Å². The molecule has 0 unspecified atom stereocenters. The quantitative estimate of drug-likeness (QED) is 0.147. The lowest BCUT2D eigenvalue weighted by atomic mass is 10.0. The van der Waals surface area contributed by atoms with Crippen LogP contribution in [0.15, 0.2) is 218 Å². The first-order valence-electron chi connectivity index (χ1n) is 21.0. The molecule has 9 heteroatoms. The normalized spacial score (nSPS) is 12.5. The first kappa shape index (κ1) is 40.8. The average molecular weight is 865 g/mol. The Morgan fingerprint density at radius 2 is 0.242 bits per heavy atom. The van der Waals surface area contributed by atoms with E-state index in [-0.39, 0.29) is 17.3 Å². The highest BCUT2D eigenvalue weighted by Crippen LogP contribution is 2.32. The monoisotopic (exact) mass is 864 g/mol. The summed E-state index contributed by atoms with van der Waals surface area (Å²) in [7, 11) is 0. The van der Waals surface area contributed by atoms with E-state index >= 15 is 0 Å². The van der Waals surface area contributed by atoms with Crippen molar-refractivity contribution in [2.24, 2.45) is 0 Å². The van der Waals surface area contributed by atoms with Crippen molar-refractivity contribution in [1.29, 1.82) is 0 Å². The zero-order chi connectivity index (χ0) is 44.8. The topological polar surface area (TPSA) is 107 Å². The molecule has 9 aromatic carbocycles. The molecule has 10 heterocycles. The fourth-order valence-electron chi connectivity index (χ4n) is 7.09. The molecule has 10 aliphatic rings. The van der Waals surface area contributed by atoms with Crippen LogP contribution in [0.2, 0.25) is 0 Å². The Balaban J connectivity index is 0.857. The van der Waals surface area contributed by atoms with E-state index in [2.05, 4.69) is 0 Å². The van der Waals surface area contributed by atoms with Crippen LogP contribution in [0.1, 0.15) is 47.8 Å². The minimum absolute atomic E-state index is 0.138. The maximum Gasteiger partial charge on any atom is 0.193 e. The average Bonchev–Trinajstić information content (AvgIpc) is 3.36. The number of hydrogen-bond donors (Lipinski definition) is 0. The molecule has 318 valence electrons. The number of fused-ring (bicyclic) bond motifs is 9. The van der Waals surface area contributed by atoms with Gasteiger partial charge in [-0.15, -0.1) is 0 Å². The first-order valence-corrected chi connectivity index (χ1v) is 21.0. The van der Waals surface area contributed by atoms with Crippen LogP contribution in [0.4, 0.5) is 0 Å². The van der Waals surface area contributed by atoms with Gasteiger partial charge in [0.1, 0.15) is 69.0 Å². The van der Waals surface area contributed by atoms with E-state index in [0.29, 0.717) is 102 Å². The van der Waals surface area contributed by atoms with Gasteiger partial charge in [0, 0.05) is 33.4 Å². The highest BCUT2D eigenvalue weighted by atomic mass is 16.5. The molecule has 9 aromatic rings. The summed E-state index contributed by atoms with van der Waals surface area (Å²) in [6.07, 6.45) is 0. The van der Waals surface area contributed by atoms with Crippen LogP contribution in [0.25, 0.3) is 0 Å². The van der Waals surface area contributed by atoms with Gasteiger partial charge in [0.25, 0.3) is 0 Å². The predicted molar refractivity (Wildman–Crippen MR) is 249 cm³/mol. The molecule has 0 atom stereocenters. The van der Waals surface area contributed by atoms with Crippen LogP contribution >= 0.6 is 0 Å². The Bertz CT molecular complexity index is 2580. The van der Waals surface area contributed by atoms with Gasteiger partial charge in [0.05, 0.1) is 0 Å². The van der Waals surface area contributed by atoms with Crippen molar-refractivity contribution in [2.75, 3.05) is 0 Å². The second-order valence-corrected chi connectivity index (χ2v) is 15.2. The van der Waals surface area contributed by atoms with Gasteiger partial charge in [-0.2, -0.15) is 0 Å². The molecule has 0 fully saturated rings. The molecular formula is C57H36O9. The Labute approximate surface area is 379 Å². The summed E-state index contributed by atoms with van der Waals surface area (Å²) in [5, 5.41) is 0. The summed E-state index contributed by atoms with van der Waals surface area (Å²) in [6, 6.07) is 63.2. The van der Waals surface area contributed by atoms with Crippen molar-refractivity contribution in [3.63, 3.8) is 0 Å². The Hall–Kier alpha value is -9.21. The zero-order valence-corrected chi connectivity index (χ0v) is 35.0. The van der Waals surface area contributed by atoms with E-state index in [1.807, 2.05) is 0 Å². The van der Waals surface area contributed by atoms with Crippen molar-refractivity contribution in [3.8, 4) is 69.0 Å². The van der Waals surface area contributed by atoms with Gasteiger partial charge < -0.3 is 28.4 Å². The van der Waals surface area contributed by atoms with Crippen molar-refractivity contribution in [2.45, 2.75) is 0 Å². The van der Waals surface area contributed by atoms with Crippen LogP contribution in [0.5, 0.6) is 69.0 Å². The van der Waals surface area contributed by atoms with Crippen molar-refractivity contribution in [1.82, 2.24) is 0 Å². The fourth-order valence-corrected chi connectivity index (χ4v) is 7.09. The van der Waals surface area contributed by atoms with Gasteiger partial charge in [-0.05, 0) is 218 Å². The molecule has 0 N–H and O–H groups in total. The molecule has 10 aliphatic heterocycles. The first-order chi connectivity index (χ1) is 32.3. The summed E-state index contributed by atoms with van der Waals surface area (Å²) >= 11 is 0. The van der Waals surface area contributed by atoms with E-state index in [0.717, 1.165) is 0 Å². The number of carbonyl (C=O) groups is 3. The van der Waals surface area contributed by atoms with Gasteiger partial charge in [-0.25, -0.2) is 0 Å². The second-order valence-electron chi connectivity index (χ2n) is 15.2. The Morgan fingerprint density at radius 3 is 0.348 bits per heavy atom. The summed E-state index contributed by atoms with van der Waals surface area (Å²) in [5.74, 6) is 6.55. The lowest BCUT2D eigenvalue weighted by molar-refractivity contribution is 0.103. The zero-order valence-electron chi connectivity index (χ0n) is 35.0. The highest BCUT2D eigenvalue weighted by Gasteiger charge is 2.14. The molecule has 0 spiro atoms. The lowest BCUT2D eigenvalue weighted by Crippen LogP contribution is -2.01. The minimum atomic E-state index is -0.138. The third-order valence-corrected chi connectivity index (χ3v) is 10.6. The van der Waals surface area contributed by atoms with Crippen LogP contribution in [0, 0.1) is 0 Å². The molecule has 0 radical (unpaired) electrons. The molecule has 19 rings (SSSR count). The van der Waals surface area contributed by atoms with Crippen LogP contribution in [-0.2, 0) is 0 Å². The van der Waals surface area contributed by atoms with Gasteiger partial charge >= 0.3 is 0 Å². The highest BCUT2D eigenvalue weighted by molar-refractivity contribution is 6.10. The molecule has 0 aromatic heterocycles. The SMILES string of the molecule is O=C1c2ccc(cc2)Oc2ccc(cc2)Oc2ccc(cc2)C(=O)c2ccc(cc2)Oc2ccc(cc2)Oc2ccc(cc2)C(=O)c2ccc(cc2)Oc2ccc(cc2)Oc2ccc1cc2. The molecule has 0 saturated carbocycles. The van der Waals surface area contributed by atoms with Crippen molar-refractivity contribution in [3.05, 3.63) is 252 Å². The fraction of sp³-hybridized carbons (Fsp3) is 0. The Kier molecular flexibility index (Phi) is 11.3. The third kappa shape index (κ3) is 9.56. The largest absolute Gasteiger partial charge is 0.457 e. The molecular weight excluding hydrogens is 829 g/mol. The Morgan fingerprint density at radius 1 is 0.152 bits per heavy atom. The summed E-state index contributed by atoms with van der Waals surface area (Å²) < 4.78 is 36.2. The van der Waals surface area contributed by atoms with E-state index in [1.54, 1.807) is 218 Å². The number of ether oxygens (including phenoxy) is 6. The standard InChI is InChI=1S/C57H36O9/c58-55-37-1-13-43(14-2-37)61-49-25-27-50(28-26-49)63-45-17-5-39(6-18-45)56(59)40-9-21-47(22-10-40)65-53-33-35-54(36-34-53)66-48-23-11-42(12-24-48)57(60)41-7-19-46(20-8-41)64-52-31-29-51(30-32-52)62-44-15-3-38(55)4-16-44/h1-36H. The molecule has 0 aliphatic carbocycles. The molecule has 0 amide bonds. The molecule has 18 bridgehead atoms. The number of ketones is 3. The van der Waals surface area contributed by atoms with Crippen molar-refractivity contribution < 1.29 is 42.8 Å². The van der Waals surface area contributed by atoms with Gasteiger partial charge in [0.2, 0.25) is 0 Å². The van der Waals surface area contributed by atoms with Gasteiger partial charge in [0.15, 0.2) is 17.3 Å². The number of rotatable bonds is 0. The van der Waals surface area contributed by atoms with E-state index in [1.165, 1.54) is 0 Å². The second kappa shape index (κ2) is 18.3. The van der Waals surface area contributed by atoms with E-state index in [9.17, 15) is 14.4 Å². The summed E-state index contributed by atoms with van der Waals surface area (Å²) in [5.41, 5.74) is 3.08. The summed E-state index contributed by atoms with van der Waals surface area (Å²) in [4.78, 5) is 40.0. The lowest BCUT2D eigenvalue weighted by Gasteiger charge is -2.10.